The lowest BCUT2D eigenvalue weighted by atomic mass is 10.0. The summed E-state index contributed by atoms with van der Waals surface area (Å²) in [5.41, 5.74) is 4.45. The van der Waals surface area contributed by atoms with E-state index in [1.807, 2.05) is 12.1 Å². The molecule has 4 N–H and O–H groups in total. The van der Waals surface area contributed by atoms with E-state index in [1.54, 1.807) is 59.6 Å². The van der Waals surface area contributed by atoms with E-state index in [0.717, 1.165) is 5.69 Å². The first kappa shape index (κ1) is 35.8. The number of carbonyl (C=O) groups is 6. The van der Waals surface area contributed by atoms with Crippen LogP contribution in [0.3, 0.4) is 0 Å². The van der Waals surface area contributed by atoms with Crippen LogP contribution in [-0.2, 0) is 25.7 Å². The lowest BCUT2D eigenvalue weighted by Gasteiger charge is -2.36. The molecular weight excluding hydrogens is 694 g/mol. The number of benzene rings is 2. The Morgan fingerprint density at radius 2 is 1.74 bits per heavy atom. The molecule has 0 bridgehead atoms. The molecule has 4 aromatic rings. The Labute approximate surface area is 310 Å². The van der Waals surface area contributed by atoms with E-state index in [9.17, 15) is 28.8 Å². The number of aromatic amines is 1. The number of ether oxygens (including phenoxy) is 1. The fourth-order valence-corrected chi connectivity index (χ4v) is 6.96. The summed E-state index contributed by atoms with van der Waals surface area (Å²) in [5, 5.41) is 14.8. The topological polar surface area (TPSA) is 199 Å². The summed E-state index contributed by atoms with van der Waals surface area (Å²) in [6.07, 6.45) is 2.71. The largest absolute Gasteiger partial charge is 0.494 e. The zero-order chi connectivity index (χ0) is 37.8. The van der Waals surface area contributed by atoms with Gasteiger partial charge in [0.2, 0.25) is 23.6 Å². The number of aromatic nitrogens is 3. The van der Waals surface area contributed by atoms with Crippen LogP contribution in [0.5, 0.6) is 5.75 Å². The third kappa shape index (κ3) is 7.62. The van der Waals surface area contributed by atoms with Gasteiger partial charge in [-0.3, -0.25) is 39.2 Å². The number of piperazine rings is 1. The molecule has 1 unspecified atom stereocenters. The molecule has 0 radical (unpaired) electrons. The van der Waals surface area contributed by atoms with Gasteiger partial charge >= 0.3 is 0 Å². The molecule has 2 aromatic heterocycles. The Kier molecular flexibility index (Phi) is 10.3. The number of anilines is 3. The molecule has 7 rings (SSSR count). The van der Waals surface area contributed by atoms with Crippen LogP contribution in [0.25, 0.3) is 11.4 Å². The maximum absolute atomic E-state index is 13.1. The van der Waals surface area contributed by atoms with Crippen LogP contribution in [0.4, 0.5) is 17.1 Å². The van der Waals surface area contributed by atoms with Crippen LogP contribution in [0.15, 0.2) is 66.9 Å². The predicted molar refractivity (Wildman–Crippen MR) is 197 cm³/mol. The second kappa shape index (κ2) is 15.6. The van der Waals surface area contributed by atoms with Crippen molar-refractivity contribution in [2.75, 3.05) is 48.8 Å². The number of pyridine rings is 1. The van der Waals surface area contributed by atoms with Gasteiger partial charge in [-0.25, -0.2) is 4.98 Å². The van der Waals surface area contributed by atoms with Crippen LogP contribution in [0.1, 0.15) is 58.5 Å². The molecule has 2 aromatic carbocycles. The zero-order valence-corrected chi connectivity index (χ0v) is 29.6. The maximum atomic E-state index is 13.1. The van der Waals surface area contributed by atoms with Crippen LogP contribution in [-0.4, -0.2) is 99.8 Å². The van der Waals surface area contributed by atoms with Crippen LogP contribution < -0.4 is 25.6 Å². The second-order valence-electron chi connectivity index (χ2n) is 13.2. The molecule has 1 atom stereocenters. The van der Waals surface area contributed by atoms with Crippen molar-refractivity contribution in [1.82, 2.24) is 30.3 Å². The number of nitrogens with one attached hydrogen (secondary N) is 4. The fraction of sp³-hybridized carbons (Fsp3) is 0.316. The number of nitrogens with zero attached hydrogens (tertiary/aromatic N) is 5. The van der Waals surface area contributed by atoms with E-state index in [-0.39, 0.29) is 67.5 Å². The molecule has 16 nitrogen and oxygen atoms in total. The van der Waals surface area contributed by atoms with Gasteiger partial charge in [-0.15, -0.1) is 0 Å². The summed E-state index contributed by atoms with van der Waals surface area (Å²) in [4.78, 5) is 85.9. The molecule has 0 spiro atoms. The second-order valence-corrected chi connectivity index (χ2v) is 13.2. The molecule has 0 aliphatic carbocycles. The van der Waals surface area contributed by atoms with Gasteiger partial charge in [0, 0.05) is 86.8 Å². The molecule has 2 fully saturated rings. The normalized spacial score (nSPS) is 16.9. The van der Waals surface area contributed by atoms with Crippen molar-refractivity contribution in [3.05, 3.63) is 83.7 Å². The minimum atomic E-state index is -0.747. The molecular formula is C38H39N9O7. The highest BCUT2D eigenvalue weighted by molar-refractivity contribution is 6.07. The average molecular weight is 734 g/mol. The van der Waals surface area contributed by atoms with Crippen molar-refractivity contribution >= 4 is 52.5 Å². The first-order chi connectivity index (χ1) is 26.2. The van der Waals surface area contributed by atoms with E-state index < -0.39 is 11.9 Å². The number of rotatable bonds is 11. The Morgan fingerprint density at radius 3 is 2.50 bits per heavy atom. The van der Waals surface area contributed by atoms with Crippen molar-refractivity contribution in [2.45, 2.75) is 44.7 Å². The molecule has 5 heterocycles. The van der Waals surface area contributed by atoms with E-state index >= 15 is 0 Å². The summed E-state index contributed by atoms with van der Waals surface area (Å²) in [6.45, 7) is 2.36. The molecule has 0 saturated carbocycles. The van der Waals surface area contributed by atoms with E-state index in [0.29, 0.717) is 72.2 Å². The number of imide groups is 1. The first-order valence-corrected chi connectivity index (χ1v) is 17.7. The van der Waals surface area contributed by atoms with Crippen molar-refractivity contribution in [3.8, 4) is 17.1 Å². The summed E-state index contributed by atoms with van der Waals surface area (Å²) in [5.74, 6) is -1.38. The number of hydrogen-bond acceptors (Lipinski definition) is 10. The minimum Gasteiger partial charge on any atom is -0.494 e. The highest BCUT2D eigenvalue weighted by atomic mass is 16.5. The van der Waals surface area contributed by atoms with Gasteiger partial charge < -0.3 is 30.1 Å². The van der Waals surface area contributed by atoms with Gasteiger partial charge in [-0.1, -0.05) is 12.1 Å². The van der Waals surface area contributed by atoms with Gasteiger partial charge in [-0.05, 0) is 55.3 Å². The van der Waals surface area contributed by atoms with Gasteiger partial charge in [-0.2, -0.15) is 5.10 Å². The van der Waals surface area contributed by atoms with Gasteiger partial charge in [0.15, 0.2) is 0 Å². The number of hydrogen-bond donors (Lipinski definition) is 4. The van der Waals surface area contributed by atoms with E-state index in [4.69, 9.17) is 4.74 Å². The average Bonchev–Trinajstić information content (AvgIpc) is 3.84. The number of H-pyrrole nitrogens is 1. The smallest absolute Gasteiger partial charge is 0.274 e. The molecule has 6 amide bonds. The third-order valence-electron chi connectivity index (χ3n) is 9.84. The van der Waals surface area contributed by atoms with Crippen molar-refractivity contribution in [1.29, 1.82) is 0 Å². The monoisotopic (exact) mass is 733 g/mol. The van der Waals surface area contributed by atoms with Gasteiger partial charge in [0.05, 0.1) is 24.2 Å². The maximum Gasteiger partial charge on any atom is 0.274 e. The lowest BCUT2D eigenvalue weighted by Crippen LogP contribution is -2.52. The van der Waals surface area contributed by atoms with Crippen LogP contribution >= 0.6 is 0 Å². The van der Waals surface area contributed by atoms with Crippen LogP contribution in [0, 0.1) is 0 Å². The number of carbonyl (C=O) groups excluding carboxylic acids is 6. The third-order valence-corrected chi connectivity index (χ3v) is 9.84. The number of piperidine rings is 1. The van der Waals surface area contributed by atoms with E-state index in [2.05, 4.69) is 36.0 Å². The summed E-state index contributed by atoms with van der Waals surface area (Å²) >= 11 is 0. The van der Waals surface area contributed by atoms with Crippen LogP contribution in [0.2, 0.25) is 0 Å². The summed E-state index contributed by atoms with van der Waals surface area (Å²) in [7, 11) is 1.54. The Morgan fingerprint density at radius 1 is 0.926 bits per heavy atom. The number of methoxy groups -OCH3 is 1. The molecule has 54 heavy (non-hydrogen) atoms. The summed E-state index contributed by atoms with van der Waals surface area (Å²) in [6, 6.07) is 16.8. The predicted octanol–water partition coefficient (Wildman–Crippen LogP) is 2.95. The SMILES string of the molecule is COc1cc(N2CCN(C(=O)CCCC(=O)Nc3cccc4c3CN(C3CCC(=O)NC3=O)C4=O)CC2)ccc1NC(=O)c1cccc(-c2ccn[nH]2)n1. The summed E-state index contributed by atoms with van der Waals surface area (Å²) < 4.78 is 5.61. The quantitative estimate of drug-likeness (QED) is 0.166. The number of fused-ring (bicyclic) bond motifs is 1. The van der Waals surface area contributed by atoms with Crippen molar-refractivity contribution in [2.24, 2.45) is 0 Å². The minimum absolute atomic E-state index is 0.0330. The highest BCUT2D eigenvalue weighted by Crippen LogP contribution is 2.33. The lowest BCUT2D eigenvalue weighted by molar-refractivity contribution is -0.137. The highest BCUT2D eigenvalue weighted by Gasteiger charge is 2.40. The Hall–Kier alpha value is -6.58. The molecule has 278 valence electrons. The zero-order valence-electron chi connectivity index (χ0n) is 29.6. The van der Waals surface area contributed by atoms with Gasteiger partial charge in [0.25, 0.3) is 11.8 Å². The number of amides is 6. The molecule has 3 aliphatic heterocycles. The van der Waals surface area contributed by atoms with E-state index in [1.165, 1.54) is 12.0 Å². The molecule has 3 aliphatic rings. The first-order valence-electron chi connectivity index (χ1n) is 17.7. The molecule has 16 heteroatoms. The van der Waals surface area contributed by atoms with Crippen molar-refractivity contribution < 1.29 is 33.5 Å². The molecule has 2 saturated heterocycles. The van der Waals surface area contributed by atoms with Crippen molar-refractivity contribution in [3.63, 3.8) is 0 Å². The standard InChI is InChI=1S/C38H39N9O7/c1-54-32-21-23(11-12-29(32)42-36(51)30-8-3-7-27(40-30)28-15-16-39-44-28)45-17-19-46(20-18-45)35(50)10-4-9-33(48)41-26-6-2-5-24-25(26)22-47(38(24)53)31-13-14-34(49)43-37(31)52/h2-3,5-8,11-12,15-16,21,31H,4,9-10,13-14,17-20,22H2,1H3,(H,39,44)(H,41,48)(H,42,51)(H,43,49,52). The Balaban J connectivity index is 0.870. The van der Waals surface area contributed by atoms with Gasteiger partial charge in [0.1, 0.15) is 17.5 Å². The fourth-order valence-electron chi connectivity index (χ4n) is 6.96. The Bertz CT molecular complexity index is 2110.